The molecule has 2 heterocycles. The summed E-state index contributed by atoms with van der Waals surface area (Å²) < 4.78 is 7.41. The molecule has 4 rings (SSSR count). The summed E-state index contributed by atoms with van der Waals surface area (Å²) >= 11 is 0. The van der Waals surface area contributed by atoms with E-state index in [1.54, 1.807) is 24.7 Å². The van der Waals surface area contributed by atoms with Crippen molar-refractivity contribution in [3.8, 4) is 11.8 Å². The second-order valence-electron chi connectivity index (χ2n) is 5.74. The van der Waals surface area contributed by atoms with Crippen LogP contribution in [0.5, 0.6) is 5.75 Å². The number of nitrogens with zero attached hydrogens (tertiary/aromatic N) is 3. The van der Waals surface area contributed by atoms with Crippen LogP contribution in [-0.2, 0) is 4.79 Å². The molecule has 25 heavy (non-hydrogen) atoms. The quantitative estimate of drug-likeness (QED) is 0.801. The SMILES string of the molecule is N#Cc1ccc(C(c2ccc3c(c2)NC(=O)CO3)n2ccnc2)cc1. The zero-order valence-electron chi connectivity index (χ0n) is 13.2. The lowest BCUT2D eigenvalue weighted by atomic mass is 9.96. The Hall–Kier alpha value is -3.59. The molecule has 0 aliphatic carbocycles. The number of carbonyl (C=O) groups excluding carboxylic acids is 1. The Kier molecular flexibility index (Phi) is 3.67. The fourth-order valence-electron chi connectivity index (χ4n) is 2.97. The summed E-state index contributed by atoms with van der Waals surface area (Å²) in [6.45, 7) is 0.0346. The van der Waals surface area contributed by atoms with Crippen LogP contribution in [0.1, 0.15) is 22.7 Å². The van der Waals surface area contributed by atoms with Crippen LogP contribution in [0.25, 0.3) is 0 Å². The molecular weight excluding hydrogens is 316 g/mol. The number of nitriles is 1. The number of carbonyl (C=O) groups is 1. The molecule has 1 unspecified atom stereocenters. The Morgan fingerprint density at radius 2 is 2.00 bits per heavy atom. The van der Waals surface area contributed by atoms with E-state index >= 15 is 0 Å². The number of aromatic nitrogens is 2. The number of rotatable bonds is 3. The van der Waals surface area contributed by atoms with E-state index in [0.717, 1.165) is 11.1 Å². The highest BCUT2D eigenvalue weighted by Crippen LogP contribution is 2.34. The number of ether oxygens (including phenoxy) is 1. The van der Waals surface area contributed by atoms with Gasteiger partial charge >= 0.3 is 0 Å². The minimum Gasteiger partial charge on any atom is -0.482 e. The molecular formula is C19H14N4O2. The maximum Gasteiger partial charge on any atom is 0.262 e. The maximum atomic E-state index is 11.6. The van der Waals surface area contributed by atoms with Gasteiger partial charge in [0, 0.05) is 12.4 Å². The first-order valence-corrected chi connectivity index (χ1v) is 7.79. The Bertz CT molecular complexity index is 956. The van der Waals surface area contributed by atoms with Crippen molar-refractivity contribution in [3.63, 3.8) is 0 Å². The number of anilines is 1. The molecule has 0 radical (unpaired) electrons. The molecule has 1 N–H and O–H groups in total. The molecule has 0 spiro atoms. The second kappa shape index (κ2) is 6.13. The van der Waals surface area contributed by atoms with Crippen molar-refractivity contribution in [2.75, 3.05) is 11.9 Å². The van der Waals surface area contributed by atoms with Crippen molar-refractivity contribution < 1.29 is 9.53 Å². The molecule has 122 valence electrons. The molecule has 0 fully saturated rings. The van der Waals surface area contributed by atoms with Gasteiger partial charge in [-0.05, 0) is 35.4 Å². The number of fused-ring (bicyclic) bond motifs is 1. The first-order valence-electron chi connectivity index (χ1n) is 7.79. The van der Waals surface area contributed by atoms with Gasteiger partial charge in [-0.15, -0.1) is 0 Å². The number of amides is 1. The van der Waals surface area contributed by atoms with Crippen molar-refractivity contribution in [2.24, 2.45) is 0 Å². The van der Waals surface area contributed by atoms with Gasteiger partial charge in [-0.1, -0.05) is 18.2 Å². The van der Waals surface area contributed by atoms with Crippen LogP contribution in [0.3, 0.4) is 0 Å². The van der Waals surface area contributed by atoms with Crippen molar-refractivity contribution in [1.82, 2.24) is 9.55 Å². The van der Waals surface area contributed by atoms with Crippen molar-refractivity contribution in [1.29, 1.82) is 5.26 Å². The number of benzene rings is 2. The summed E-state index contributed by atoms with van der Waals surface area (Å²) in [6, 6.07) is 15.2. The Balaban J connectivity index is 1.80. The van der Waals surface area contributed by atoms with Crippen LogP contribution >= 0.6 is 0 Å². The fraction of sp³-hybridized carbons (Fsp3) is 0.105. The maximum absolute atomic E-state index is 11.6. The van der Waals surface area contributed by atoms with Crippen molar-refractivity contribution in [3.05, 3.63) is 77.9 Å². The first-order chi connectivity index (χ1) is 12.2. The number of nitrogens with one attached hydrogen (secondary N) is 1. The standard InChI is InChI=1S/C19H14N4O2/c20-10-13-1-3-14(4-2-13)19(23-8-7-21-12-23)15-5-6-17-16(9-15)22-18(24)11-25-17/h1-9,12,19H,11H2,(H,22,24). The minimum absolute atomic E-state index is 0.0346. The van der Waals surface area contributed by atoms with Crippen LogP contribution in [0.15, 0.2) is 61.2 Å². The van der Waals surface area contributed by atoms with Gasteiger partial charge in [0.25, 0.3) is 5.91 Å². The molecule has 2 aromatic carbocycles. The molecule has 0 saturated carbocycles. The second-order valence-corrected chi connectivity index (χ2v) is 5.74. The fourth-order valence-corrected chi connectivity index (χ4v) is 2.97. The monoisotopic (exact) mass is 330 g/mol. The highest BCUT2D eigenvalue weighted by atomic mass is 16.5. The van der Waals surface area contributed by atoms with Crippen molar-refractivity contribution >= 4 is 11.6 Å². The van der Waals surface area contributed by atoms with Gasteiger partial charge in [0.1, 0.15) is 5.75 Å². The third kappa shape index (κ3) is 2.83. The highest BCUT2D eigenvalue weighted by Gasteiger charge is 2.21. The van der Waals surface area contributed by atoms with E-state index in [1.807, 2.05) is 41.1 Å². The van der Waals surface area contributed by atoms with Gasteiger partial charge < -0.3 is 14.6 Å². The predicted octanol–water partition coefficient (Wildman–Crippen LogP) is 2.72. The predicted molar refractivity (Wildman–Crippen MR) is 91.2 cm³/mol. The molecule has 1 atom stereocenters. The number of hydrogen-bond donors (Lipinski definition) is 1. The van der Waals surface area contributed by atoms with Crippen LogP contribution in [0.2, 0.25) is 0 Å². The van der Waals surface area contributed by atoms with E-state index < -0.39 is 0 Å². The summed E-state index contributed by atoms with van der Waals surface area (Å²) in [5, 5.41) is 11.8. The van der Waals surface area contributed by atoms with Gasteiger partial charge in [0.2, 0.25) is 0 Å². The molecule has 0 bridgehead atoms. The summed E-state index contributed by atoms with van der Waals surface area (Å²) in [6.07, 6.45) is 5.36. The minimum atomic E-state index is -0.165. The molecule has 0 saturated heterocycles. The highest BCUT2D eigenvalue weighted by molar-refractivity contribution is 5.95. The zero-order valence-corrected chi connectivity index (χ0v) is 13.2. The normalized spacial score (nSPS) is 14.0. The largest absolute Gasteiger partial charge is 0.482 e. The molecule has 1 aliphatic rings. The zero-order chi connectivity index (χ0) is 17.2. The molecule has 1 aromatic heterocycles. The van der Waals surface area contributed by atoms with Crippen LogP contribution in [-0.4, -0.2) is 22.1 Å². The number of hydrogen-bond acceptors (Lipinski definition) is 4. The summed E-state index contributed by atoms with van der Waals surface area (Å²) in [5.74, 6) is 0.495. The average molecular weight is 330 g/mol. The summed E-state index contributed by atoms with van der Waals surface area (Å²) in [5.41, 5.74) is 3.26. The van der Waals surface area contributed by atoms with E-state index in [2.05, 4.69) is 16.4 Å². The van der Waals surface area contributed by atoms with E-state index in [0.29, 0.717) is 17.0 Å². The Morgan fingerprint density at radius 3 is 2.72 bits per heavy atom. The van der Waals surface area contributed by atoms with Crippen LogP contribution < -0.4 is 10.1 Å². The van der Waals surface area contributed by atoms with Crippen LogP contribution in [0, 0.1) is 11.3 Å². The van der Waals surface area contributed by atoms with Crippen molar-refractivity contribution in [2.45, 2.75) is 6.04 Å². The lowest BCUT2D eigenvalue weighted by Gasteiger charge is -2.23. The molecule has 1 amide bonds. The molecule has 3 aromatic rings. The lowest BCUT2D eigenvalue weighted by Crippen LogP contribution is -2.25. The third-order valence-electron chi connectivity index (χ3n) is 4.13. The number of imidazole rings is 1. The van der Waals surface area contributed by atoms with Gasteiger partial charge in [0.15, 0.2) is 6.61 Å². The first kappa shape index (κ1) is 15.0. The topological polar surface area (TPSA) is 79.9 Å². The van der Waals surface area contributed by atoms with Gasteiger partial charge in [-0.2, -0.15) is 5.26 Å². The van der Waals surface area contributed by atoms with E-state index in [1.165, 1.54) is 0 Å². The van der Waals surface area contributed by atoms with Gasteiger partial charge in [-0.25, -0.2) is 4.98 Å². The lowest BCUT2D eigenvalue weighted by molar-refractivity contribution is -0.118. The third-order valence-corrected chi connectivity index (χ3v) is 4.13. The van der Waals surface area contributed by atoms with E-state index in [-0.39, 0.29) is 18.6 Å². The molecule has 1 aliphatic heterocycles. The smallest absolute Gasteiger partial charge is 0.262 e. The summed E-state index contributed by atoms with van der Waals surface area (Å²) in [7, 11) is 0. The molecule has 6 nitrogen and oxygen atoms in total. The average Bonchev–Trinajstić information content (AvgIpc) is 3.16. The van der Waals surface area contributed by atoms with E-state index in [4.69, 9.17) is 10.00 Å². The Labute approximate surface area is 144 Å². The Morgan fingerprint density at radius 1 is 1.20 bits per heavy atom. The summed E-state index contributed by atoms with van der Waals surface area (Å²) in [4.78, 5) is 15.7. The van der Waals surface area contributed by atoms with Crippen LogP contribution in [0.4, 0.5) is 5.69 Å². The van der Waals surface area contributed by atoms with E-state index in [9.17, 15) is 4.79 Å². The van der Waals surface area contributed by atoms with Gasteiger partial charge in [-0.3, -0.25) is 4.79 Å². The molecule has 6 heteroatoms. The van der Waals surface area contributed by atoms with Gasteiger partial charge in [0.05, 0.1) is 29.7 Å².